The van der Waals surface area contributed by atoms with Gasteiger partial charge in [0, 0.05) is 25.1 Å². The van der Waals surface area contributed by atoms with E-state index < -0.39 is 0 Å². The van der Waals surface area contributed by atoms with Gasteiger partial charge in [0.2, 0.25) is 5.91 Å². The van der Waals surface area contributed by atoms with Gasteiger partial charge in [0.25, 0.3) is 5.91 Å². The molecule has 1 aromatic carbocycles. The van der Waals surface area contributed by atoms with Gasteiger partial charge in [-0.3, -0.25) is 9.59 Å². The Morgan fingerprint density at radius 1 is 1.25 bits per heavy atom. The Bertz CT molecular complexity index is 1300. The van der Waals surface area contributed by atoms with Crippen LogP contribution in [0.25, 0.3) is 5.70 Å². The molecule has 1 aliphatic rings. The molecular formula is C24H24Cl2N6O3S. The summed E-state index contributed by atoms with van der Waals surface area (Å²) >= 11 is 13.4. The summed E-state index contributed by atoms with van der Waals surface area (Å²) in [6.45, 7) is 8.80. The number of nitrogens with one attached hydrogen (secondary N) is 2. The smallest absolute Gasteiger partial charge is 0.267 e. The van der Waals surface area contributed by atoms with Crippen molar-refractivity contribution >= 4 is 63.0 Å². The molecule has 1 fully saturated rings. The first kappa shape index (κ1) is 25.9. The second-order valence-corrected chi connectivity index (χ2v) is 9.80. The Balaban J connectivity index is 1.33. The lowest BCUT2D eigenvalue weighted by Crippen LogP contribution is -2.25. The van der Waals surface area contributed by atoms with Gasteiger partial charge in [0.1, 0.15) is 28.1 Å². The second-order valence-electron chi connectivity index (χ2n) is 8.07. The first-order chi connectivity index (χ1) is 17.2. The molecule has 0 aliphatic carbocycles. The first-order valence-corrected chi connectivity index (χ1v) is 12.8. The molecule has 1 aliphatic heterocycles. The number of benzene rings is 1. The summed E-state index contributed by atoms with van der Waals surface area (Å²) in [7, 11) is 0. The Labute approximate surface area is 222 Å². The van der Waals surface area contributed by atoms with Crippen molar-refractivity contribution < 1.29 is 14.3 Å². The third-order valence-electron chi connectivity index (χ3n) is 5.51. The van der Waals surface area contributed by atoms with E-state index in [0.29, 0.717) is 51.0 Å². The van der Waals surface area contributed by atoms with Crippen LogP contribution >= 0.6 is 34.5 Å². The quantitative estimate of drug-likeness (QED) is 0.384. The van der Waals surface area contributed by atoms with Crippen LogP contribution in [-0.4, -0.2) is 46.0 Å². The van der Waals surface area contributed by atoms with E-state index in [1.807, 2.05) is 29.2 Å². The molecule has 0 unspecified atom stereocenters. The molecular weight excluding hydrogens is 523 g/mol. The van der Waals surface area contributed by atoms with Gasteiger partial charge in [0.05, 0.1) is 12.2 Å². The fourth-order valence-electron chi connectivity index (χ4n) is 3.64. The fourth-order valence-corrected chi connectivity index (χ4v) is 4.86. The average molecular weight is 547 g/mol. The summed E-state index contributed by atoms with van der Waals surface area (Å²) in [6, 6.07) is 7.33. The molecule has 0 saturated carbocycles. The van der Waals surface area contributed by atoms with Gasteiger partial charge in [-0.2, -0.15) is 0 Å². The standard InChI is InChI=1S/C24H24Cl2N6O3S/c1-4-18(33)31-24-30-14(3)20(36-24)23(34)29-13(2)15-5-7-16(8-6-15)35-17-9-10-32(11-17)22-19(25)21(26)27-12-28-22/h5-8,12,17H,2,4,9-11H2,1,3H3,(H,29,34)(H,30,31,33)/t17-/m1/s1. The lowest BCUT2D eigenvalue weighted by molar-refractivity contribution is -0.115. The summed E-state index contributed by atoms with van der Waals surface area (Å²) in [5, 5.41) is 6.43. The highest BCUT2D eigenvalue weighted by atomic mass is 35.5. The number of anilines is 2. The molecule has 2 aromatic heterocycles. The molecule has 0 bridgehead atoms. The zero-order valence-electron chi connectivity index (χ0n) is 19.7. The van der Waals surface area contributed by atoms with Crippen LogP contribution in [-0.2, 0) is 4.79 Å². The maximum absolute atomic E-state index is 12.7. The third kappa shape index (κ3) is 5.95. The zero-order chi connectivity index (χ0) is 25.8. The molecule has 0 spiro atoms. The predicted molar refractivity (Wildman–Crippen MR) is 142 cm³/mol. The minimum atomic E-state index is -0.332. The summed E-state index contributed by atoms with van der Waals surface area (Å²) in [5.41, 5.74) is 1.73. The molecule has 3 heterocycles. The molecule has 1 saturated heterocycles. The Kier molecular flexibility index (Phi) is 8.07. The van der Waals surface area contributed by atoms with Crippen LogP contribution in [0.5, 0.6) is 5.75 Å². The number of halogens is 2. The predicted octanol–water partition coefficient (Wildman–Crippen LogP) is 4.96. The molecule has 2 amide bonds. The van der Waals surface area contributed by atoms with Crippen LogP contribution in [0.1, 0.15) is 40.7 Å². The zero-order valence-corrected chi connectivity index (χ0v) is 22.0. The normalized spacial score (nSPS) is 15.0. The number of ether oxygens (including phenoxy) is 1. The Hall–Kier alpha value is -3.21. The van der Waals surface area contributed by atoms with Crippen molar-refractivity contribution in [2.24, 2.45) is 0 Å². The largest absolute Gasteiger partial charge is 0.489 e. The number of amides is 2. The number of aromatic nitrogens is 3. The van der Waals surface area contributed by atoms with Crippen LogP contribution in [0, 0.1) is 6.92 Å². The number of hydrogen-bond acceptors (Lipinski definition) is 8. The third-order valence-corrected chi connectivity index (χ3v) is 7.32. The Morgan fingerprint density at radius 2 is 2.00 bits per heavy atom. The van der Waals surface area contributed by atoms with Gasteiger partial charge in [0.15, 0.2) is 16.1 Å². The van der Waals surface area contributed by atoms with E-state index in [4.69, 9.17) is 27.9 Å². The van der Waals surface area contributed by atoms with Crippen LogP contribution in [0.4, 0.5) is 10.9 Å². The number of hydrogen-bond donors (Lipinski definition) is 2. The lowest BCUT2D eigenvalue weighted by Gasteiger charge is -2.19. The summed E-state index contributed by atoms with van der Waals surface area (Å²) in [5.74, 6) is 0.809. The first-order valence-electron chi connectivity index (χ1n) is 11.2. The minimum absolute atomic E-state index is 0.0414. The monoisotopic (exact) mass is 546 g/mol. The van der Waals surface area contributed by atoms with Gasteiger partial charge in [-0.25, -0.2) is 15.0 Å². The number of carbonyl (C=O) groups excluding carboxylic acids is 2. The fraction of sp³-hybridized carbons (Fsp3) is 0.292. The van der Waals surface area contributed by atoms with E-state index in [-0.39, 0.29) is 23.1 Å². The highest BCUT2D eigenvalue weighted by Gasteiger charge is 2.27. The molecule has 1 atom stereocenters. The minimum Gasteiger partial charge on any atom is -0.489 e. The van der Waals surface area contributed by atoms with Crippen molar-refractivity contribution in [1.29, 1.82) is 0 Å². The molecule has 9 nitrogen and oxygen atoms in total. The van der Waals surface area contributed by atoms with Crippen molar-refractivity contribution in [1.82, 2.24) is 20.3 Å². The van der Waals surface area contributed by atoms with Gasteiger partial charge < -0.3 is 20.3 Å². The van der Waals surface area contributed by atoms with Crippen molar-refractivity contribution in [3.8, 4) is 5.75 Å². The second kappa shape index (κ2) is 11.2. The van der Waals surface area contributed by atoms with Crippen LogP contribution in [0.3, 0.4) is 0 Å². The Morgan fingerprint density at radius 3 is 2.72 bits per heavy atom. The molecule has 0 radical (unpaired) electrons. The summed E-state index contributed by atoms with van der Waals surface area (Å²) in [6.07, 6.45) is 2.49. The van der Waals surface area contributed by atoms with Gasteiger partial charge >= 0.3 is 0 Å². The van der Waals surface area contributed by atoms with Crippen molar-refractivity contribution in [2.45, 2.75) is 32.8 Å². The van der Waals surface area contributed by atoms with Crippen molar-refractivity contribution in [3.05, 3.63) is 63.5 Å². The molecule has 12 heteroatoms. The van der Waals surface area contributed by atoms with E-state index in [9.17, 15) is 9.59 Å². The molecule has 4 rings (SSSR count). The topological polar surface area (TPSA) is 109 Å². The van der Waals surface area contributed by atoms with E-state index in [0.717, 1.165) is 29.9 Å². The van der Waals surface area contributed by atoms with Crippen molar-refractivity contribution in [2.75, 3.05) is 23.3 Å². The van der Waals surface area contributed by atoms with Gasteiger partial charge in [-0.1, -0.05) is 48.0 Å². The highest BCUT2D eigenvalue weighted by Crippen LogP contribution is 2.31. The molecule has 2 N–H and O–H groups in total. The highest BCUT2D eigenvalue weighted by molar-refractivity contribution is 7.17. The molecule has 188 valence electrons. The molecule has 36 heavy (non-hydrogen) atoms. The molecule has 3 aromatic rings. The van der Waals surface area contributed by atoms with Crippen LogP contribution in [0.15, 0.2) is 37.2 Å². The van der Waals surface area contributed by atoms with Crippen LogP contribution in [0.2, 0.25) is 10.2 Å². The van der Waals surface area contributed by atoms with Gasteiger partial charge in [-0.15, -0.1) is 0 Å². The van der Waals surface area contributed by atoms with E-state index in [1.165, 1.54) is 6.33 Å². The maximum Gasteiger partial charge on any atom is 0.267 e. The maximum atomic E-state index is 12.7. The van der Waals surface area contributed by atoms with E-state index in [1.54, 1.807) is 13.8 Å². The van der Waals surface area contributed by atoms with Gasteiger partial charge in [-0.05, 0) is 36.8 Å². The number of thiazole rings is 1. The number of rotatable bonds is 8. The van der Waals surface area contributed by atoms with E-state index in [2.05, 4.69) is 32.2 Å². The van der Waals surface area contributed by atoms with Crippen LogP contribution < -0.4 is 20.3 Å². The van der Waals surface area contributed by atoms with Crippen molar-refractivity contribution in [3.63, 3.8) is 0 Å². The van der Waals surface area contributed by atoms with E-state index >= 15 is 0 Å². The summed E-state index contributed by atoms with van der Waals surface area (Å²) < 4.78 is 6.12. The lowest BCUT2D eigenvalue weighted by atomic mass is 10.1. The average Bonchev–Trinajstić information content (AvgIpc) is 3.47. The number of aryl methyl sites for hydroxylation is 1. The summed E-state index contributed by atoms with van der Waals surface area (Å²) in [4.78, 5) is 39.1. The number of nitrogens with zero attached hydrogens (tertiary/aromatic N) is 4. The number of carbonyl (C=O) groups is 2. The SMILES string of the molecule is C=C(NC(=O)c1sc(NC(=O)CC)nc1C)c1ccc(O[C@@H]2CCN(c3ncnc(Cl)c3Cl)C2)cc1.